The summed E-state index contributed by atoms with van der Waals surface area (Å²) in [5, 5.41) is 5.56. The van der Waals surface area contributed by atoms with E-state index in [1.807, 2.05) is 0 Å². The smallest absolute Gasteiger partial charge is 0.244 e. The number of amides is 3. The fraction of sp³-hybridized carbons (Fsp3) is 0.385. The molecule has 11 N–H and O–H groups in total. The van der Waals surface area contributed by atoms with Gasteiger partial charge >= 0.3 is 0 Å². The lowest BCUT2D eigenvalue weighted by Gasteiger charge is -2.25. The molecular weight excluding hydrogens is 572 g/mol. The molecule has 0 saturated heterocycles. The Hall–Kier alpha value is -3.72. The normalized spacial score (nSPS) is 13.4. The molecule has 0 radical (unpaired) electrons. The second-order valence-electron chi connectivity index (χ2n) is 9.18. The standard InChI is InChI=1S/C26H37ClN8O5S/c27-18-11-13-19(14-12-18)41(39,40)35-21(10-6-16-32-26(30)31)25(38)33-20(9-4-5-15-28)24(37)34-22(23(29)36)17-7-2-1-3-8-17/h1-3,7-8,11-14,20-22,35H,4-6,9-10,15-16,28H2,(H2,29,36)(H,33,38)(H,34,37)(H4,30,31,32)/t20-,21-,22+/m0/s1. The van der Waals surface area contributed by atoms with Gasteiger partial charge in [-0.25, -0.2) is 8.42 Å². The number of carbonyl (C=O) groups excluding carboxylic acids is 3. The summed E-state index contributed by atoms with van der Waals surface area (Å²) >= 11 is 5.87. The summed E-state index contributed by atoms with van der Waals surface area (Å²) in [6, 6.07) is 10.3. The van der Waals surface area contributed by atoms with Gasteiger partial charge in [0.2, 0.25) is 27.7 Å². The van der Waals surface area contributed by atoms with Crippen LogP contribution in [0.15, 0.2) is 64.5 Å². The van der Waals surface area contributed by atoms with Gasteiger partial charge in [-0.15, -0.1) is 0 Å². The van der Waals surface area contributed by atoms with E-state index in [4.69, 9.17) is 34.5 Å². The maximum atomic E-state index is 13.4. The molecule has 0 aliphatic carbocycles. The molecule has 224 valence electrons. The molecule has 0 aliphatic heterocycles. The third kappa shape index (κ3) is 11.4. The molecule has 2 aromatic rings. The van der Waals surface area contributed by atoms with Crippen molar-refractivity contribution in [2.24, 2.45) is 27.9 Å². The number of unbranched alkanes of at least 4 members (excludes halogenated alkanes) is 1. The highest BCUT2D eigenvalue weighted by Crippen LogP contribution is 2.16. The Bertz CT molecular complexity index is 1290. The van der Waals surface area contributed by atoms with Crippen molar-refractivity contribution in [3.63, 3.8) is 0 Å². The van der Waals surface area contributed by atoms with Crippen LogP contribution in [-0.2, 0) is 24.4 Å². The minimum Gasteiger partial charge on any atom is -0.370 e. The molecule has 0 heterocycles. The zero-order valence-corrected chi connectivity index (χ0v) is 24.0. The van der Waals surface area contributed by atoms with Crippen molar-refractivity contribution in [1.29, 1.82) is 0 Å². The van der Waals surface area contributed by atoms with E-state index in [1.165, 1.54) is 24.3 Å². The first-order valence-corrected chi connectivity index (χ1v) is 14.8. The van der Waals surface area contributed by atoms with Gasteiger partial charge in [0.15, 0.2) is 5.96 Å². The monoisotopic (exact) mass is 608 g/mol. The molecule has 0 spiro atoms. The van der Waals surface area contributed by atoms with E-state index in [2.05, 4.69) is 20.3 Å². The molecule has 15 heteroatoms. The SMILES string of the molecule is NCCCC[C@H](NC(=O)[C@H](CCCN=C(N)N)NS(=O)(=O)c1ccc(Cl)cc1)C(=O)N[C@@H](C(N)=O)c1ccccc1. The third-order valence-electron chi connectivity index (χ3n) is 5.97. The van der Waals surface area contributed by atoms with Gasteiger partial charge in [0, 0.05) is 11.6 Å². The Balaban J connectivity index is 2.28. The van der Waals surface area contributed by atoms with Crippen LogP contribution < -0.4 is 38.3 Å². The van der Waals surface area contributed by atoms with Crippen LogP contribution in [0.3, 0.4) is 0 Å². The number of nitrogens with zero attached hydrogens (tertiary/aromatic N) is 1. The van der Waals surface area contributed by atoms with Crippen molar-refractivity contribution < 1.29 is 22.8 Å². The topological polar surface area (TPSA) is 238 Å². The quantitative estimate of drug-likeness (QED) is 0.0730. The Morgan fingerprint density at radius 3 is 2.02 bits per heavy atom. The molecule has 0 aromatic heterocycles. The van der Waals surface area contributed by atoms with E-state index in [1.54, 1.807) is 30.3 Å². The first-order chi connectivity index (χ1) is 19.4. The fourth-order valence-electron chi connectivity index (χ4n) is 3.86. The Morgan fingerprint density at radius 1 is 0.829 bits per heavy atom. The van der Waals surface area contributed by atoms with Gasteiger partial charge in [0.25, 0.3) is 0 Å². The first kappa shape index (κ1) is 33.5. The minimum absolute atomic E-state index is 0.0144. The molecule has 0 fully saturated rings. The predicted molar refractivity (Wildman–Crippen MR) is 157 cm³/mol. The zero-order valence-electron chi connectivity index (χ0n) is 22.5. The number of hydrogen-bond donors (Lipinski definition) is 7. The molecule has 0 bridgehead atoms. The lowest BCUT2D eigenvalue weighted by molar-refractivity contribution is -0.132. The van der Waals surface area contributed by atoms with Crippen molar-refractivity contribution in [3.05, 3.63) is 65.2 Å². The zero-order chi connectivity index (χ0) is 30.4. The second-order valence-corrected chi connectivity index (χ2v) is 11.3. The van der Waals surface area contributed by atoms with Crippen LogP contribution in [-0.4, -0.2) is 57.3 Å². The highest BCUT2D eigenvalue weighted by atomic mass is 35.5. The molecule has 13 nitrogen and oxygen atoms in total. The largest absolute Gasteiger partial charge is 0.370 e. The summed E-state index contributed by atoms with van der Waals surface area (Å²) in [4.78, 5) is 42.6. The molecule has 2 aromatic carbocycles. The fourth-order valence-corrected chi connectivity index (χ4v) is 5.21. The Kier molecular flexibility index (Phi) is 13.5. The van der Waals surface area contributed by atoms with E-state index >= 15 is 0 Å². The number of benzene rings is 2. The number of sulfonamides is 1. The van der Waals surface area contributed by atoms with Crippen LogP contribution in [0.1, 0.15) is 43.7 Å². The molecular formula is C26H37ClN8O5S. The number of nitrogens with one attached hydrogen (secondary N) is 3. The van der Waals surface area contributed by atoms with Gasteiger partial charge in [0.05, 0.1) is 4.90 Å². The molecule has 0 unspecified atom stereocenters. The Morgan fingerprint density at radius 2 is 1.44 bits per heavy atom. The molecule has 3 amide bonds. The number of aliphatic imine (C=N–C) groups is 1. The van der Waals surface area contributed by atoms with Gasteiger partial charge in [-0.1, -0.05) is 41.9 Å². The van der Waals surface area contributed by atoms with Gasteiger partial charge in [0.1, 0.15) is 18.1 Å². The number of guanidine groups is 1. The number of halogens is 1. The summed E-state index contributed by atoms with van der Waals surface area (Å²) in [6.07, 6.45) is 1.50. The molecule has 0 aliphatic rings. The maximum Gasteiger partial charge on any atom is 0.244 e. The van der Waals surface area contributed by atoms with Crippen molar-refractivity contribution in [2.45, 2.75) is 55.1 Å². The predicted octanol–water partition coefficient (Wildman–Crippen LogP) is -0.00290. The second kappa shape index (κ2) is 16.5. The highest BCUT2D eigenvalue weighted by Gasteiger charge is 2.31. The number of rotatable bonds is 17. The average molecular weight is 609 g/mol. The lowest BCUT2D eigenvalue weighted by Crippen LogP contribution is -2.54. The van der Waals surface area contributed by atoms with Gasteiger partial charge < -0.3 is 33.6 Å². The number of primary amides is 1. The molecule has 41 heavy (non-hydrogen) atoms. The van der Waals surface area contributed by atoms with Gasteiger partial charge in [-0.2, -0.15) is 4.72 Å². The maximum absolute atomic E-state index is 13.4. The summed E-state index contributed by atoms with van der Waals surface area (Å²) < 4.78 is 28.5. The highest BCUT2D eigenvalue weighted by molar-refractivity contribution is 7.89. The van der Waals surface area contributed by atoms with E-state index in [0.29, 0.717) is 30.0 Å². The average Bonchev–Trinajstić information content (AvgIpc) is 2.93. The van der Waals surface area contributed by atoms with E-state index in [-0.39, 0.29) is 36.7 Å². The van der Waals surface area contributed by atoms with Gasteiger partial charge in [-0.05, 0) is 68.5 Å². The summed E-state index contributed by atoms with van der Waals surface area (Å²) in [7, 11) is -4.15. The van der Waals surface area contributed by atoms with E-state index < -0.39 is 45.9 Å². The number of nitrogens with two attached hydrogens (primary N) is 4. The molecule has 2 rings (SSSR count). The van der Waals surface area contributed by atoms with Crippen LogP contribution in [0.5, 0.6) is 0 Å². The van der Waals surface area contributed by atoms with Crippen LogP contribution in [0, 0.1) is 0 Å². The minimum atomic E-state index is -4.15. The van der Waals surface area contributed by atoms with Gasteiger partial charge in [-0.3, -0.25) is 19.4 Å². The van der Waals surface area contributed by atoms with Crippen LogP contribution >= 0.6 is 11.6 Å². The van der Waals surface area contributed by atoms with E-state index in [0.717, 1.165) is 0 Å². The molecule has 0 saturated carbocycles. The van der Waals surface area contributed by atoms with Crippen molar-refractivity contribution in [3.8, 4) is 0 Å². The van der Waals surface area contributed by atoms with Crippen LogP contribution in [0.25, 0.3) is 0 Å². The Labute approximate surface area is 244 Å². The summed E-state index contributed by atoms with van der Waals surface area (Å²) in [6.45, 7) is 0.511. The third-order valence-corrected chi connectivity index (χ3v) is 7.71. The lowest BCUT2D eigenvalue weighted by atomic mass is 10.0. The van der Waals surface area contributed by atoms with E-state index in [9.17, 15) is 22.8 Å². The summed E-state index contributed by atoms with van der Waals surface area (Å²) in [5.74, 6) is -2.35. The number of hydrogen-bond acceptors (Lipinski definition) is 7. The molecule has 3 atom stereocenters. The number of carbonyl (C=O) groups is 3. The van der Waals surface area contributed by atoms with Crippen molar-refractivity contribution >= 4 is 45.3 Å². The summed E-state index contributed by atoms with van der Waals surface area (Å²) in [5.41, 5.74) is 22.3. The van der Waals surface area contributed by atoms with Crippen LogP contribution in [0.2, 0.25) is 5.02 Å². The van der Waals surface area contributed by atoms with Crippen LogP contribution in [0.4, 0.5) is 0 Å². The first-order valence-electron chi connectivity index (χ1n) is 12.9. The van der Waals surface area contributed by atoms with Crippen molar-refractivity contribution in [1.82, 2.24) is 15.4 Å². The van der Waals surface area contributed by atoms with Crippen molar-refractivity contribution in [2.75, 3.05) is 13.1 Å².